The van der Waals surface area contributed by atoms with Crippen LogP contribution in [0.15, 0.2) is 54.7 Å². The van der Waals surface area contributed by atoms with Crippen molar-refractivity contribution in [1.82, 2.24) is 15.2 Å². The highest BCUT2D eigenvalue weighted by atomic mass is 35.5. The number of carbonyl (C=O) groups is 3. The fourth-order valence-corrected chi connectivity index (χ4v) is 4.20. The zero-order chi connectivity index (χ0) is 29.1. The number of aryl methyl sites for hydroxylation is 1. The summed E-state index contributed by atoms with van der Waals surface area (Å²) >= 11 is 6.02. The molecule has 40 heavy (non-hydrogen) atoms. The van der Waals surface area contributed by atoms with Gasteiger partial charge in [-0.05, 0) is 42.3 Å². The van der Waals surface area contributed by atoms with E-state index in [-0.39, 0.29) is 36.9 Å². The van der Waals surface area contributed by atoms with Crippen LogP contribution in [0.4, 0.5) is 15.0 Å². The van der Waals surface area contributed by atoms with Crippen molar-refractivity contribution >= 4 is 46.1 Å². The zero-order valence-corrected chi connectivity index (χ0v) is 22.9. The monoisotopic (exact) mass is 573 g/mol. The number of aromatic nitrogens is 1. The van der Waals surface area contributed by atoms with Crippen LogP contribution >= 0.6 is 11.6 Å². The lowest BCUT2D eigenvalue weighted by atomic mass is 10.1. The van der Waals surface area contributed by atoms with E-state index in [4.69, 9.17) is 27.2 Å². The number of nitrogens with one attached hydrogen (secondary N) is 2. The maximum absolute atomic E-state index is 13.8. The first-order chi connectivity index (χ1) is 19.2. The second-order valence-electron chi connectivity index (χ2n) is 9.23. The van der Waals surface area contributed by atoms with Crippen molar-refractivity contribution in [2.24, 2.45) is 5.73 Å². The summed E-state index contributed by atoms with van der Waals surface area (Å²) in [7, 11) is 1.59. The number of amides is 3. The lowest BCUT2D eigenvalue weighted by Crippen LogP contribution is -2.44. The number of halogens is 2. The number of benzene rings is 2. The number of rotatable bonds is 13. The Labute approximate surface area is 236 Å². The first-order valence-electron chi connectivity index (χ1n) is 12.8. The molecule has 12 heteroatoms. The van der Waals surface area contributed by atoms with Gasteiger partial charge in [0, 0.05) is 31.6 Å². The summed E-state index contributed by atoms with van der Waals surface area (Å²) in [6, 6.07) is 12.2. The van der Waals surface area contributed by atoms with Crippen molar-refractivity contribution in [2.45, 2.75) is 37.8 Å². The first-order valence-corrected chi connectivity index (χ1v) is 13.2. The number of nitrogens with zero attached hydrogens (tertiary/aromatic N) is 2. The molecule has 0 saturated heterocycles. The van der Waals surface area contributed by atoms with Crippen LogP contribution in [0.5, 0.6) is 0 Å². The van der Waals surface area contributed by atoms with Gasteiger partial charge in [0.05, 0.1) is 17.7 Å². The number of nitrogens with two attached hydrogens (primary N) is 1. The summed E-state index contributed by atoms with van der Waals surface area (Å²) in [6.45, 7) is -0.348. The highest BCUT2D eigenvalue weighted by molar-refractivity contribution is 6.31. The van der Waals surface area contributed by atoms with E-state index < -0.39 is 36.5 Å². The number of aliphatic hydroxyl groups is 1. The largest absolute Gasteiger partial charge is 0.447 e. The van der Waals surface area contributed by atoms with Crippen molar-refractivity contribution < 1.29 is 28.6 Å². The van der Waals surface area contributed by atoms with Gasteiger partial charge < -0.3 is 25.8 Å². The molecule has 0 bridgehead atoms. The van der Waals surface area contributed by atoms with Crippen molar-refractivity contribution in [3.63, 3.8) is 0 Å². The van der Waals surface area contributed by atoms with Crippen LogP contribution in [0, 0.1) is 5.82 Å². The second kappa shape index (κ2) is 15.1. The van der Waals surface area contributed by atoms with E-state index in [1.807, 2.05) is 24.3 Å². The zero-order valence-electron chi connectivity index (χ0n) is 22.1. The third-order valence-electron chi connectivity index (χ3n) is 6.40. The van der Waals surface area contributed by atoms with Crippen LogP contribution in [0.3, 0.4) is 0 Å². The van der Waals surface area contributed by atoms with E-state index in [2.05, 4.69) is 15.6 Å². The fraction of sp³-hybridized carbons (Fsp3) is 0.357. The predicted molar refractivity (Wildman–Crippen MR) is 150 cm³/mol. The van der Waals surface area contributed by atoms with Crippen LogP contribution in [0.1, 0.15) is 24.8 Å². The fourth-order valence-electron chi connectivity index (χ4n) is 3.98. The molecule has 214 valence electrons. The van der Waals surface area contributed by atoms with Crippen LogP contribution in [0.25, 0.3) is 10.8 Å². The van der Waals surface area contributed by atoms with E-state index >= 15 is 0 Å². The summed E-state index contributed by atoms with van der Waals surface area (Å²) in [5.41, 5.74) is 6.02. The summed E-state index contributed by atoms with van der Waals surface area (Å²) in [4.78, 5) is 43.0. The molecule has 0 fully saturated rings. The average Bonchev–Trinajstić information content (AvgIpc) is 2.96. The molecule has 0 aliphatic heterocycles. The standard InChI is InChI=1S/C28H33ClFN5O5/c1-35(25(37)12-11-18-8-4-10-22(30)26(18)29)21(9-5-13-32-27(38)23(31)16-36)17-40-28(39)34-24-14-19-6-2-3-7-20(19)15-33-24/h2-4,6-8,10,14-15,21,23,36H,5,9,11-13,16-17,31H2,1H3,(H,32,38)(H,33,34,39)/t21-,23+/m0/s1. The van der Waals surface area contributed by atoms with Gasteiger partial charge in [-0.25, -0.2) is 14.2 Å². The number of aliphatic hydroxyl groups excluding tert-OH is 1. The number of fused-ring (bicyclic) bond motifs is 1. The lowest BCUT2D eigenvalue weighted by molar-refractivity contribution is -0.133. The number of likely N-dealkylation sites (N-methyl/N-ethyl adjacent to an activating group) is 1. The Kier molecular flexibility index (Phi) is 11.6. The smallest absolute Gasteiger partial charge is 0.412 e. The quantitative estimate of drug-likeness (QED) is 0.229. The molecule has 1 aromatic heterocycles. The van der Waals surface area contributed by atoms with E-state index in [1.54, 1.807) is 25.4 Å². The third kappa shape index (κ3) is 8.87. The SMILES string of the molecule is CN(C(=O)CCc1cccc(F)c1Cl)[C@@H](CCCNC(=O)[C@H](N)CO)COC(=O)Nc1cc2ccccc2cn1. The van der Waals surface area contributed by atoms with Crippen molar-refractivity contribution in [3.8, 4) is 0 Å². The van der Waals surface area contributed by atoms with Gasteiger partial charge in [-0.2, -0.15) is 0 Å². The molecule has 10 nitrogen and oxygen atoms in total. The molecule has 1 heterocycles. The minimum atomic E-state index is -1.02. The molecule has 0 radical (unpaired) electrons. The Morgan fingerprint density at radius 3 is 2.67 bits per heavy atom. The molecule has 3 aromatic rings. The Morgan fingerprint density at radius 1 is 1.18 bits per heavy atom. The Morgan fingerprint density at radius 2 is 1.93 bits per heavy atom. The molecule has 2 atom stereocenters. The summed E-state index contributed by atoms with van der Waals surface area (Å²) < 4.78 is 19.2. The number of carbonyl (C=O) groups excluding carboxylic acids is 3. The number of ether oxygens (including phenoxy) is 1. The summed E-state index contributed by atoms with van der Waals surface area (Å²) in [5.74, 6) is -0.980. The molecule has 0 spiro atoms. The van der Waals surface area contributed by atoms with Gasteiger partial charge >= 0.3 is 6.09 Å². The highest BCUT2D eigenvalue weighted by Gasteiger charge is 2.22. The number of pyridine rings is 1. The molecule has 0 aliphatic rings. The van der Waals surface area contributed by atoms with Crippen molar-refractivity contribution in [3.05, 3.63) is 71.1 Å². The first kappa shape index (κ1) is 30.7. The topological polar surface area (TPSA) is 147 Å². The summed E-state index contributed by atoms with van der Waals surface area (Å²) in [6.07, 6.45) is 2.03. The van der Waals surface area contributed by atoms with Crippen LogP contribution in [-0.2, 0) is 20.7 Å². The predicted octanol–water partition coefficient (Wildman–Crippen LogP) is 3.25. The maximum atomic E-state index is 13.8. The van der Waals surface area contributed by atoms with Crippen LogP contribution < -0.4 is 16.4 Å². The molecule has 0 aliphatic carbocycles. The van der Waals surface area contributed by atoms with Gasteiger partial charge in [0.25, 0.3) is 0 Å². The minimum absolute atomic E-state index is 0.0198. The van der Waals surface area contributed by atoms with E-state index in [0.29, 0.717) is 24.2 Å². The molecular weight excluding hydrogens is 541 g/mol. The minimum Gasteiger partial charge on any atom is -0.447 e. The lowest BCUT2D eigenvalue weighted by Gasteiger charge is -2.28. The van der Waals surface area contributed by atoms with E-state index in [9.17, 15) is 18.8 Å². The van der Waals surface area contributed by atoms with Gasteiger partial charge in [0.2, 0.25) is 11.8 Å². The third-order valence-corrected chi connectivity index (χ3v) is 6.82. The molecule has 3 amide bonds. The van der Waals surface area contributed by atoms with Crippen molar-refractivity contribution in [1.29, 1.82) is 0 Å². The number of hydrogen-bond acceptors (Lipinski definition) is 7. The Bertz CT molecular complexity index is 1330. The number of hydrogen-bond donors (Lipinski definition) is 4. The van der Waals surface area contributed by atoms with Gasteiger partial charge in [0.15, 0.2) is 0 Å². The van der Waals surface area contributed by atoms with Gasteiger partial charge in [-0.15, -0.1) is 0 Å². The maximum Gasteiger partial charge on any atom is 0.412 e. The van der Waals surface area contributed by atoms with Gasteiger partial charge in [0.1, 0.15) is 24.3 Å². The van der Waals surface area contributed by atoms with E-state index in [0.717, 1.165) is 10.8 Å². The van der Waals surface area contributed by atoms with Crippen molar-refractivity contribution in [2.75, 3.05) is 32.1 Å². The molecule has 0 saturated carbocycles. The van der Waals surface area contributed by atoms with Gasteiger partial charge in [-0.3, -0.25) is 14.9 Å². The Hall–Kier alpha value is -3.80. The normalized spacial score (nSPS) is 12.4. The van der Waals surface area contributed by atoms with Crippen LogP contribution in [-0.4, -0.2) is 71.8 Å². The summed E-state index contributed by atoms with van der Waals surface area (Å²) in [5, 5.41) is 16.0. The highest BCUT2D eigenvalue weighted by Crippen LogP contribution is 2.22. The van der Waals surface area contributed by atoms with Gasteiger partial charge in [-0.1, -0.05) is 48.0 Å². The molecule has 5 N–H and O–H groups in total. The number of anilines is 1. The second-order valence-corrected chi connectivity index (χ2v) is 9.61. The molecular formula is C28H33ClFN5O5. The molecule has 0 unspecified atom stereocenters. The van der Waals surface area contributed by atoms with Crippen LogP contribution in [0.2, 0.25) is 5.02 Å². The molecule has 3 rings (SSSR count). The van der Waals surface area contributed by atoms with E-state index in [1.165, 1.54) is 17.0 Å². The average molecular weight is 574 g/mol. The Balaban J connectivity index is 1.59. The molecule has 2 aromatic carbocycles.